The average Bonchev–Trinajstić information content (AvgIpc) is 2.18. The summed E-state index contributed by atoms with van der Waals surface area (Å²) >= 11 is 0. The summed E-state index contributed by atoms with van der Waals surface area (Å²) < 4.78 is 31.9. The SMILES string of the molecule is NC1CCC(CC(=O)OOS(=O)(=O)O)CC1. The topological polar surface area (TPSA) is 116 Å². The van der Waals surface area contributed by atoms with Crippen molar-refractivity contribution < 1.29 is 27.0 Å². The van der Waals surface area contributed by atoms with Gasteiger partial charge in [-0.2, -0.15) is 8.42 Å². The minimum absolute atomic E-state index is 0.0717. The third-order valence-corrected chi connectivity index (χ3v) is 2.80. The van der Waals surface area contributed by atoms with Crippen molar-refractivity contribution in [1.29, 1.82) is 0 Å². The molecule has 94 valence electrons. The first-order valence-corrected chi connectivity index (χ1v) is 6.35. The molecule has 7 nitrogen and oxygen atoms in total. The van der Waals surface area contributed by atoms with Gasteiger partial charge >= 0.3 is 16.4 Å². The van der Waals surface area contributed by atoms with Crippen LogP contribution >= 0.6 is 0 Å². The summed E-state index contributed by atoms with van der Waals surface area (Å²) in [6.07, 6.45) is 3.38. The van der Waals surface area contributed by atoms with E-state index in [9.17, 15) is 13.2 Å². The number of hydrogen-bond acceptors (Lipinski definition) is 6. The highest BCUT2D eigenvalue weighted by atomic mass is 32.3. The third-order valence-electron chi connectivity index (χ3n) is 2.56. The van der Waals surface area contributed by atoms with Gasteiger partial charge in [0.1, 0.15) is 0 Å². The molecule has 0 unspecified atom stereocenters. The molecule has 0 radical (unpaired) electrons. The lowest BCUT2D eigenvalue weighted by atomic mass is 9.84. The monoisotopic (exact) mass is 253 g/mol. The van der Waals surface area contributed by atoms with Crippen LogP contribution in [-0.4, -0.2) is 25.0 Å². The quantitative estimate of drug-likeness (QED) is 0.416. The molecule has 0 heterocycles. The number of nitrogens with two attached hydrogens (primary N) is 1. The predicted molar refractivity (Wildman–Crippen MR) is 53.3 cm³/mol. The van der Waals surface area contributed by atoms with E-state index in [0.29, 0.717) is 0 Å². The Hall–Kier alpha value is -0.700. The highest BCUT2D eigenvalue weighted by Gasteiger charge is 2.22. The maximum Gasteiger partial charge on any atom is 0.432 e. The Morgan fingerprint density at radius 3 is 2.38 bits per heavy atom. The van der Waals surface area contributed by atoms with Crippen molar-refractivity contribution in [2.75, 3.05) is 0 Å². The number of hydrogen-bond donors (Lipinski definition) is 2. The van der Waals surface area contributed by atoms with Gasteiger partial charge in [0.2, 0.25) is 0 Å². The number of rotatable bonds is 4. The molecule has 0 spiro atoms. The van der Waals surface area contributed by atoms with Crippen molar-refractivity contribution in [3.63, 3.8) is 0 Å². The second-order valence-electron chi connectivity index (χ2n) is 3.94. The highest BCUT2D eigenvalue weighted by Crippen LogP contribution is 2.26. The van der Waals surface area contributed by atoms with Crippen molar-refractivity contribution in [2.24, 2.45) is 11.7 Å². The number of carbonyl (C=O) groups excluding carboxylic acids is 1. The summed E-state index contributed by atoms with van der Waals surface area (Å²) in [4.78, 5) is 15.0. The molecular formula is C8H15NO6S. The van der Waals surface area contributed by atoms with Crippen LogP contribution in [0.4, 0.5) is 0 Å². The molecule has 1 saturated carbocycles. The molecule has 8 heteroatoms. The molecule has 1 rings (SSSR count). The Morgan fingerprint density at radius 2 is 1.88 bits per heavy atom. The van der Waals surface area contributed by atoms with Gasteiger partial charge in [0, 0.05) is 6.04 Å². The summed E-state index contributed by atoms with van der Waals surface area (Å²) in [6.45, 7) is 0. The molecule has 0 bridgehead atoms. The Bertz CT molecular complexity index is 332. The first-order chi connectivity index (χ1) is 7.37. The van der Waals surface area contributed by atoms with E-state index in [0.717, 1.165) is 25.7 Å². The summed E-state index contributed by atoms with van der Waals surface area (Å²) in [6, 6.07) is 0.182. The zero-order chi connectivity index (χ0) is 12.2. The number of carbonyl (C=O) groups is 1. The van der Waals surface area contributed by atoms with Crippen molar-refractivity contribution in [2.45, 2.75) is 38.1 Å². The van der Waals surface area contributed by atoms with Crippen LogP contribution in [0.1, 0.15) is 32.1 Å². The van der Waals surface area contributed by atoms with Crippen LogP contribution in [0.5, 0.6) is 0 Å². The first kappa shape index (κ1) is 13.4. The highest BCUT2D eigenvalue weighted by molar-refractivity contribution is 7.80. The lowest BCUT2D eigenvalue weighted by Gasteiger charge is -2.24. The molecule has 0 aromatic heterocycles. The fourth-order valence-corrected chi connectivity index (χ4v) is 1.90. The second kappa shape index (κ2) is 5.58. The van der Waals surface area contributed by atoms with E-state index < -0.39 is 16.4 Å². The van der Waals surface area contributed by atoms with Crippen LogP contribution in [0, 0.1) is 5.92 Å². The van der Waals surface area contributed by atoms with Gasteiger partial charge in [-0.25, -0.2) is 4.79 Å². The lowest BCUT2D eigenvalue weighted by Crippen LogP contribution is -2.27. The van der Waals surface area contributed by atoms with Crippen LogP contribution in [0.3, 0.4) is 0 Å². The molecule has 1 aliphatic rings. The van der Waals surface area contributed by atoms with Gasteiger partial charge in [0.15, 0.2) is 0 Å². The molecule has 0 saturated heterocycles. The van der Waals surface area contributed by atoms with Gasteiger partial charge in [-0.1, -0.05) is 0 Å². The lowest BCUT2D eigenvalue weighted by molar-refractivity contribution is -0.215. The van der Waals surface area contributed by atoms with E-state index in [1.807, 2.05) is 0 Å². The molecule has 1 fully saturated rings. The molecule has 0 amide bonds. The van der Waals surface area contributed by atoms with Crippen molar-refractivity contribution in [3.05, 3.63) is 0 Å². The van der Waals surface area contributed by atoms with Crippen LogP contribution in [-0.2, 0) is 24.4 Å². The van der Waals surface area contributed by atoms with E-state index in [1.165, 1.54) is 0 Å². The van der Waals surface area contributed by atoms with E-state index in [2.05, 4.69) is 9.22 Å². The van der Waals surface area contributed by atoms with E-state index in [4.69, 9.17) is 10.3 Å². The standard InChI is InChI=1S/C8H15NO6S/c9-7-3-1-6(2-4-7)5-8(10)14-15-16(11,12)13/h6-7H,1-5,9H2,(H,11,12,13). The molecule has 16 heavy (non-hydrogen) atoms. The molecule has 0 aromatic carbocycles. The smallest absolute Gasteiger partial charge is 0.328 e. The van der Waals surface area contributed by atoms with Gasteiger partial charge < -0.3 is 5.73 Å². The predicted octanol–water partition coefficient (Wildman–Crippen LogP) is 0.172. The second-order valence-corrected chi connectivity index (χ2v) is 4.93. The van der Waals surface area contributed by atoms with Crippen LogP contribution < -0.4 is 5.73 Å². The Kier molecular flexibility index (Phi) is 4.66. The minimum Gasteiger partial charge on any atom is -0.328 e. The van der Waals surface area contributed by atoms with Crippen LogP contribution in [0.15, 0.2) is 0 Å². The zero-order valence-corrected chi connectivity index (χ0v) is 9.48. The van der Waals surface area contributed by atoms with Crippen LogP contribution in [0.2, 0.25) is 0 Å². The molecule has 0 atom stereocenters. The molecule has 3 N–H and O–H groups in total. The van der Waals surface area contributed by atoms with Gasteiger partial charge in [-0.15, -0.1) is 0 Å². The Labute approximate surface area is 93.8 Å². The normalized spacial score (nSPS) is 26.4. The molecule has 0 aliphatic heterocycles. The molecule has 1 aliphatic carbocycles. The van der Waals surface area contributed by atoms with Crippen molar-refractivity contribution in [1.82, 2.24) is 0 Å². The Balaban J connectivity index is 2.24. The summed E-state index contributed by atoms with van der Waals surface area (Å²) in [5.41, 5.74) is 5.69. The van der Waals surface area contributed by atoms with Crippen molar-refractivity contribution >= 4 is 16.4 Å². The summed E-state index contributed by atoms with van der Waals surface area (Å²) in [5.74, 6) is -0.671. The summed E-state index contributed by atoms with van der Waals surface area (Å²) in [7, 11) is -4.73. The van der Waals surface area contributed by atoms with Gasteiger partial charge in [0.05, 0.1) is 6.42 Å². The fraction of sp³-hybridized carbons (Fsp3) is 0.875. The fourth-order valence-electron chi connectivity index (χ4n) is 1.74. The van der Waals surface area contributed by atoms with E-state index in [-0.39, 0.29) is 18.4 Å². The third kappa shape index (κ3) is 5.40. The minimum atomic E-state index is -4.73. The molecular weight excluding hydrogens is 238 g/mol. The first-order valence-electron chi connectivity index (χ1n) is 4.99. The molecule has 0 aromatic rings. The van der Waals surface area contributed by atoms with E-state index in [1.54, 1.807) is 0 Å². The largest absolute Gasteiger partial charge is 0.432 e. The maximum atomic E-state index is 11.1. The van der Waals surface area contributed by atoms with Crippen LogP contribution in [0.25, 0.3) is 0 Å². The summed E-state index contributed by atoms with van der Waals surface area (Å²) in [5, 5.41) is 0. The average molecular weight is 253 g/mol. The van der Waals surface area contributed by atoms with Gasteiger partial charge in [-0.3, -0.25) is 9.44 Å². The van der Waals surface area contributed by atoms with Gasteiger partial charge in [0.25, 0.3) is 0 Å². The maximum absolute atomic E-state index is 11.1. The zero-order valence-electron chi connectivity index (χ0n) is 8.66. The van der Waals surface area contributed by atoms with Gasteiger partial charge in [-0.05, 0) is 35.9 Å². The van der Waals surface area contributed by atoms with Crippen molar-refractivity contribution in [3.8, 4) is 0 Å². The van der Waals surface area contributed by atoms with E-state index >= 15 is 0 Å². The Morgan fingerprint density at radius 1 is 1.31 bits per heavy atom.